The molecule has 0 radical (unpaired) electrons. The molecule has 1 N–H and O–H groups in total. The van der Waals surface area contributed by atoms with Crippen molar-refractivity contribution >= 4 is 16.7 Å². The number of hydrogen-bond donors (Lipinski definition) is 1. The third-order valence-corrected chi connectivity index (χ3v) is 6.63. The van der Waals surface area contributed by atoms with Crippen LogP contribution < -0.4 is 0 Å². The maximum Gasteiger partial charge on any atom is 0.256 e. The Morgan fingerprint density at radius 1 is 0.933 bits per heavy atom. The lowest BCUT2D eigenvalue weighted by Gasteiger charge is -2.37. The highest BCUT2D eigenvalue weighted by molar-refractivity contribution is 6.10. The Bertz CT molecular complexity index is 1040. The SMILES string of the molecule is O=C1c2cccc3cccc(c23)C(O)N1CCN1CCCC(Cc2ccccc2)C1. The largest absolute Gasteiger partial charge is 0.369 e. The minimum absolute atomic E-state index is 0.0651. The predicted molar refractivity (Wildman–Crippen MR) is 119 cm³/mol. The number of carbonyl (C=O) groups is 1. The third kappa shape index (κ3) is 3.62. The summed E-state index contributed by atoms with van der Waals surface area (Å²) < 4.78 is 0. The molecule has 2 atom stereocenters. The zero-order valence-corrected chi connectivity index (χ0v) is 17.2. The standard InChI is InChI=1S/C26H28N2O2/c29-25-22-12-4-10-21-11-5-13-23(24(21)22)26(30)28(25)16-15-27-14-6-9-20(18-27)17-19-7-2-1-3-8-19/h1-5,7-8,10-13,20,25,29H,6,9,14-18H2. The minimum atomic E-state index is -0.874. The lowest BCUT2D eigenvalue weighted by atomic mass is 9.91. The molecule has 2 aliphatic heterocycles. The first-order chi connectivity index (χ1) is 14.7. The van der Waals surface area contributed by atoms with Crippen LogP contribution in [-0.2, 0) is 6.42 Å². The molecule has 3 aromatic rings. The molecule has 5 rings (SSSR count). The molecule has 1 amide bonds. The Morgan fingerprint density at radius 3 is 2.57 bits per heavy atom. The first kappa shape index (κ1) is 19.3. The summed E-state index contributed by atoms with van der Waals surface area (Å²) in [5.41, 5.74) is 2.94. The second-order valence-corrected chi connectivity index (χ2v) is 8.62. The van der Waals surface area contributed by atoms with Gasteiger partial charge in [0.1, 0.15) is 0 Å². The second-order valence-electron chi connectivity index (χ2n) is 8.62. The fourth-order valence-corrected chi connectivity index (χ4v) is 5.14. The summed E-state index contributed by atoms with van der Waals surface area (Å²) in [6, 6.07) is 22.4. The molecule has 0 bridgehead atoms. The van der Waals surface area contributed by atoms with Crippen molar-refractivity contribution in [3.05, 3.63) is 83.4 Å². The fraction of sp³-hybridized carbons (Fsp3) is 0.346. The molecule has 4 heteroatoms. The summed E-state index contributed by atoms with van der Waals surface area (Å²) in [4.78, 5) is 17.2. The van der Waals surface area contributed by atoms with Crippen LogP contribution in [0.25, 0.3) is 10.8 Å². The average molecular weight is 401 g/mol. The first-order valence-corrected chi connectivity index (χ1v) is 11.0. The zero-order chi connectivity index (χ0) is 20.5. The Kier molecular flexibility index (Phi) is 5.28. The van der Waals surface area contributed by atoms with Crippen LogP contribution in [0.3, 0.4) is 0 Å². The maximum absolute atomic E-state index is 13.1. The number of carbonyl (C=O) groups excluding carboxylic acids is 1. The van der Waals surface area contributed by atoms with Gasteiger partial charge in [0.05, 0.1) is 0 Å². The van der Waals surface area contributed by atoms with Crippen molar-refractivity contribution in [3.63, 3.8) is 0 Å². The van der Waals surface area contributed by atoms with E-state index in [-0.39, 0.29) is 5.91 Å². The maximum atomic E-state index is 13.1. The topological polar surface area (TPSA) is 43.8 Å². The van der Waals surface area contributed by atoms with Gasteiger partial charge >= 0.3 is 0 Å². The van der Waals surface area contributed by atoms with Crippen molar-refractivity contribution in [1.82, 2.24) is 9.80 Å². The van der Waals surface area contributed by atoms with Gasteiger partial charge < -0.3 is 14.9 Å². The number of aliphatic hydroxyl groups is 1. The zero-order valence-electron chi connectivity index (χ0n) is 17.2. The van der Waals surface area contributed by atoms with Gasteiger partial charge in [0, 0.05) is 36.1 Å². The van der Waals surface area contributed by atoms with E-state index in [0.29, 0.717) is 18.0 Å². The average Bonchev–Trinajstić information content (AvgIpc) is 2.78. The quantitative estimate of drug-likeness (QED) is 0.697. The van der Waals surface area contributed by atoms with Gasteiger partial charge in [-0.3, -0.25) is 4.79 Å². The highest BCUT2D eigenvalue weighted by atomic mass is 16.3. The summed E-state index contributed by atoms with van der Waals surface area (Å²) in [6.45, 7) is 3.46. The number of piperidine rings is 1. The summed E-state index contributed by atoms with van der Waals surface area (Å²) in [7, 11) is 0. The molecule has 1 fully saturated rings. The highest BCUT2D eigenvalue weighted by Crippen LogP contribution is 2.35. The summed E-state index contributed by atoms with van der Waals surface area (Å²) in [5.74, 6) is 0.585. The molecular formula is C26H28N2O2. The van der Waals surface area contributed by atoms with E-state index < -0.39 is 6.23 Å². The molecule has 1 saturated heterocycles. The normalized spacial score (nSPS) is 21.9. The number of benzene rings is 3. The monoisotopic (exact) mass is 400 g/mol. The molecule has 2 unspecified atom stereocenters. The van der Waals surface area contributed by atoms with E-state index in [0.717, 1.165) is 42.4 Å². The van der Waals surface area contributed by atoms with Crippen LogP contribution in [0.2, 0.25) is 0 Å². The Hall–Kier alpha value is -2.69. The van der Waals surface area contributed by atoms with E-state index in [9.17, 15) is 9.90 Å². The van der Waals surface area contributed by atoms with E-state index in [1.54, 1.807) is 4.90 Å². The molecule has 4 nitrogen and oxygen atoms in total. The van der Waals surface area contributed by atoms with Crippen molar-refractivity contribution in [2.24, 2.45) is 5.92 Å². The molecule has 0 aromatic heterocycles. The van der Waals surface area contributed by atoms with E-state index in [1.807, 2.05) is 36.4 Å². The van der Waals surface area contributed by atoms with Gasteiger partial charge in [0.2, 0.25) is 0 Å². The second kappa shape index (κ2) is 8.21. The molecule has 2 heterocycles. The van der Waals surface area contributed by atoms with Crippen molar-refractivity contribution in [1.29, 1.82) is 0 Å². The first-order valence-electron chi connectivity index (χ1n) is 11.0. The summed E-state index contributed by atoms with van der Waals surface area (Å²) in [5, 5.41) is 12.9. The minimum Gasteiger partial charge on any atom is -0.369 e. The van der Waals surface area contributed by atoms with E-state index in [4.69, 9.17) is 0 Å². The number of hydrogen-bond acceptors (Lipinski definition) is 3. The predicted octanol–water partition coefficient (Wildman–Crippen LogP) is 4.24. The van der Waals surface area contributed by atoms with Crippen LogP contribution in [0.5, 0.6) is 0 Å². The van der Waals surface area contributed by atoms with Crippen LogP contribution >= 0.6 is 0 Å². The third-order valence-electron chi connectivity index (χ3n) is 6.63. The van der Waals surface area contributed by atoms with E-state index in [2.05, 4.69) is 35.2 Å². The van der Waals surface area contributed by atoms with Crippen molar-refractivity contribution in [3.8, 4) is 0 Å². The van der Waals surface area contributed by atoms with Crippen LogP contribution in [0.4, 0.5) is 0 Å². The van der Waals surface area contributed by atoms with Gasteiger partial charge in [-0.15, -0.1) is 0 Å². The van der Waals surface area contributed by atoms with Crippen molar-refractivity contribution in [2.45, 2.75) is 25.5 Å². The van der Waals surface area contributed by atoms with Gasteiger partial charge in [0.15, 0.2) is 6.23 Å². The van der Waals surface area contributed by atoms with E-state index >= 15 is 0 Å². The number of aliphatic hydroxyl groups excluding tert-OH is 1. The molecule has 0 aliphatic carbocycles. The summed E-state index contributed by atoms with van der Waals surface area (Å²) >= 11 is 0. The fourth-order valence-electron chi connectivity index (χ4n) is 5.14. The van der Waals surface area contributed by atoms with Crippen LogP contribution in [0.1, 0.15) is 40.6 Å². The van der Waals surface area contributed by atoms with Crippen LogP contribution in [0.15, 0.2) is 66.7 Å². The van der Waals surface area contributed by atoms with Gasteiger partial charge in [-0.1, -0.05) is 60.7 Å². The Morgan fingerprint density at radius 2 is 1.73 bits per heavy atom. The number of rotatable bonds is 5. The van der Waals surface area contributed by atoms with Gasteiger partial charge in [-0.05, 0) is 48.7 Å². The lowest BCUT2D eigenvalue weighted by Crippen LogP contribution is -2.45. The molecule has 2 aliphatic rings. The summed E-state index contributed by atoms with van der Waals surface area (Å²) in [6.07, 6.45) is 2.68. The smallest absolute Gasteiger partial charge is 0.256 e. The van der Waals surface area contributed by atoms with Crippen LogP contribution in [-0.4, -0.2) is 47.0 Å². The van der Waals surface area contributed by atoms with E-state index in [1.165, 1.54) is 18.4 Å². The van der Waals surface area contributed by atoms with Crippen molar-refractivity contribution in [2.75, 3.05) is 26.2 Å². The van der Waals surface area contributed by atoms with Crippen LogP contribution in [0, 0.1) is 5.92 Å². The number of amides is 1. The molecule has 0 spiro atoms. The van der Waals surface area contributed by atoms with Gasteiger partial charge in [-0.25, -0.2) is 0 Å². The lowest BCUT2D eigenvalue weighted by molar-refractivity contribution is -0.000517. The molecule has 0 saturated carbocycles. The molecular weight excluding hydrogens is 372 g/mol. The van der Waals surface area contributed by atoms with Crippen molar-refractivity contribution < 1.29 is 9.90 Å². The molecule has 3 aromatic carbocycles. The number of likely N-dealkylation sites (tertiary alicyclic amines) is 1. The van der Waals surface area contributed by atoms with Gasteiger partial charge in [0.25, 0.3) is 5.91 Å². The number of nitrogens with zero attached hydrogens (tertiary/aromatic N) is 2. The van der Waals surface area contributed by atoms with Gasteiger partial charge in [-0.2, -0.15) is 0 Å². The molecule has 30 heavy (non-hydrogen) atoms. The Balaban J connectivity index is 1.27. The Labute approximate surface area is 177 Å². The molecule has 154 valence electrons. The highest BCUT2D eigenvalue weighted by Gasteiger charge is 2.33.